The van der Waals surface area contributed by atoms with Gasteiger partial charge in [-0.05, 0) is 12.8 Å². The number of hydrogen-bond donors (Lipinski definition) is 1. The van der Waals surface area contributed by atoms with Crippen LogP contribution < -0.4 is 0 Å². The summed E-state index contributed by atoms with van der Waals surface area (Å²) < 4.78 is 0.952. The predicted molar refractivity (Wildman–Crippen MR) is 161 cm³/mol. The standard InChI is InChI=1S/C31H62S2/c1-4-6-8-10-12-14-16-18-20-22-24-26-28-31(3,30(32)33)29-27-25-23-21-19-17-15-13-11-9-7-5-2/h4-29H2,1-3H3,(H,32,33). The zero-order valence-electron chi connectivity index (χ0n) is 23.2. The molecule has 0 unspecified atom stereocenters. The van der Waals surface area contributed by atoms with Crippen molar-refractivity contribution in [1.82, 2.24) is 0 Å². The molecule has 0 rings (SSSR count). The van der Waals surface area contributed by atoms with Gasteiger partial charge in [-0.1, -0.05) is 187 Å². The Kier molecular flexibility index (Phi) is 25.9. The minimum Gasteiger partial charge on any atom is -0.136 e. The van der Waals surface area contributed by atoms with Crippen molar-refractivity contribution in [3.8, 4) is 0 Å². The second-order valence-corrected chi connectivity index (χ2v) is 12.3. The molecule has 0 N–H and O–H groups in total. The summed E-state index contributed by atoms with van der Waals surface area (Å²) in [7, 11) is 0. The average Bonchev–Trinajstić information content (AvgIpc) is 2.80. The monoisotopic (exact) mass is 498 g/mol. The van der Waals surface area contributed by atoms with Gasteiger partial charge in [0.25, 0.3) is 0 Å². The number of unbranched alkanes of at least 4 members (excludes halogenated alkanes) is 22. The molecule has 0 aromatic rings. The Morgan fingerprint density at radius 1 is 0.455 bits per heavy atom. The van der Waals surface area contributed by atoms with E-state index >= 15 is 0 Å². The van der Waals surface area contributed by atoms with Crippen molar-refractivity contribution in [1.29, 1.82) is 0 Å². The number of thiol groups is 1. The predicted octanol–water partition coefficient (Wildman–Crippen LogP) is 12.4. The molecule has 0 saturated carbocycles. The second kappa shape index (κ2) is 25.5. The van der Waals surface area contributed by atoms with Gasteiger partial charge in [0.15, 0.2) is 0 Å². The van der Waals surface area contributed by atoms with E-state index in [-0.39, 0.29) is 5.41 Å². The Morgan fingerprint density at radius 2 is 0.667 bits per heavy atom. The van der Waals surface area contributed by atoms with E-state index in [0.29, 0.717) is 0 Å². The summed E-state index contributed by atoms with van der Waals surface area (Å²) in [5.41, 5.74) is 0.176. The van der Waals surface area contributed by atoms with Gasteiger partial charge in [-0.15, -0.1) is 12.6 Å². The first-order valence-corrected chi connectivity index (χ1v) is 16.2. The van der Waals surface area contributed by atoms with Crippen LogP contribution in [-0.2, 0) is 0 Å². The van der Waals surface area contributed by atoms with Crippen LogP contribution in [0.25, 0.3) is 0 Å². The molecule has 0 aromatic carbocycles. The molecule has 0 atom stereocenters. The summed E-state index contributed by atoms with van der Waals surface area (Å²) in [4.78, 5) is 0. The van der Waals surface area contributed by atoms with Gasteiger partial charge in [-0.3, -0.25) is 0 Å². The van der Waals surface area contributed by atoms with Crippen molar-refractivity contribution in [3.05, 3.63) is 0 Å². The van der Waals surface area contributed by atoms with Crippen LogP contribution in [0.1, 0.15) is 188 Å². The van der Waals surface area contributed by atoms with E-state index in [9.17, 15) is 0 Å². The van der Waals surface area contributed by atoms with Crippen LogP contribution in [0.4, 0.5) is 0 Å². The van der Waals surface area contributed by atoms with Gasteiger partial charge in [-0.25, -0.2) is 0 Å². The van der Waals surface area contributed by atoms with E-state index in [4.69, 9.17) is 12.2 Å². The number of rotatable bonds is 27. The van der Waals surface area contributed by atoms with Gasteiger partial charge in [0.05, 0.1) is 4.20 Å². The molecule has 33 heavy (non-hydrogen) atoms. The normalized spacial score (nSPS) is 11.9. The first-order valence-electron chi connectivity index (χ1n) is 15.3. The minimum absolute atomic E-state index is 0.176. The molecular formula is C31H62S2. The molecule has 0 aliphatic carbocycles. The Hall–Kier alpha value is 0.440. The van der Waals surface area contributed by atoms with Gasteiger partial charge in [0.2, 0.25) is 0 Å². The summed E-state index contributed by atoms with van der Waals surface area (Å²) >= 11 is 10.2. The molecule has 0 heterocycles. The number of thiocarbonyl (C=S) groups is 1. The zero-order valence-corrected chi connectivity index (χ0v) is 25.0. The van der Waals surface area contributed by atoms with Gasteiger partial charge >= 0.3 is 0 Å². The van der Waals surface area contributed by atoms with Crippen molar-refractivity contribution >= 4 is 29.0 Å². The molecule has 0 aliphatic heterocycles. The fourth-order valence-corrected chi connectivity index (χ4v) is 5.48. The molecule has 0 bridgehead atoms. The van der Waals surface area contributed by atoms with E-state index in [1.54, 1.807) is 0 Å². The van der Waals surface area contributed by atoms with Crippen LogP contribution in [0.2, 0.25) is 0 Å². The third-order valence-electron chi connectivity index (χ3n) is 7.68. The lowest BCUT2D eigenvalue weighted by Gasteiger charge is -2.28. The van der Waals surface area contributed by atoms with Crippen LogP contribution in [-0.4, -0.2) is 4.20 Å². The maximum absolute atomic E-state index is 5.57. The zero-order chi connectivity index (χ0) is 24.5. The molecule has 0 aromatic heterocycles. The molecule has 0 spiro atoms. The maximum atomic E-state index is 5.57. The van der Waals surface area contributed by atoms with Crippen molar-refractivity contribution in [2.45, 2.75) is 188 Å². The summed E-state index contributed by atoms with van der Waals surface area (Å²) in [6.07, 6.45) is 36.5. The molecule has 2 heteroatoms. The molecule has 198 valence electrons. The fraction of sp³-hybridized carbons (Fsp3) is 0.968. The summed E-state index contributed by atoms with van der Waals surface area (Å²) in [5, 5.41) is 0. The highest BCUT2D eigenvalue weighted by Gasteiger charge is 2.26. The highest BCUT2D eigenvalue weighted by atomic mass is 32.1. The Balaban J connectivity index is 3.59. The van der Waals surface area contributed by atoms with Crippen LogP contribution in [0.5, 0.6) is 0 Å². The number of hydrogen-bond acceptors (Lipinski definition) is 1. The summed E-state index contributed by atoms with van der Waals surface area (Å²) in [5.74, 6) is 0. The largest absolute Gasteiger partial charge is 0.136 e. The molecule has 0 fully saturated rings. The van der Waals surface area contributed by atoms with Crippen molar-refractivity contribution in [2.75, 3.05) is 0 Å². The van der Waals surface area contributed by atoms with Crippen LogP contribution >= 0.6 is 24.8 Å². The average molecular weight is 499 g/mol. The minimum atomic E-state index is 0.176. The van der Waals surface area contributed by atoms with E-state index in [1.807, 2.05) is 0 Å². The molecule has 0 amide bonds. The van der Waals surface area contributed by atoms with Crippen LogP contribution in [0.3, 0.4) is 0 Å². The van der Waals surface area contributed by atoms with E-state index in [1.165, 1.54) is 167 Å². The smallest absolute Gasteiger partial charge is 0.0507 e. The second-order valence-electron chi connectivity index (χ2n) is 11.1. The van der Waals surface area contributed by atoms with E-state index in [2.05, 4.69) is 33.4 Å². The highest BCUT2D eigenvalue weighted by molar-refractivity contribution is 8.11. The topological polar surface area (TPSA) is 0 Å². The third-order valence-corrected chi connectivity index (χ3v) is 8.71. The Morgan fingerprint density at radius 3 is 0.879 bits per heavy atom. The van der Waals surface area contributed by atoms with Gasteiger partial charge < -0.3 is 0 Å². The molecule has 0 aliphatic rings. The van der Waals surface area contributed by atoms with Crippen LogP contribution in [0.15, 0.2) is 0 Å². The van der Waals surface area contributed by atoms with Gasteiger partial charge in [0.1, 0.15) is 0 Å². The maximum Gasteiger partial charge on any atom is 0.0507 e. The highest BCUT2D eigenvalue weighted by Crippen LogP contribution is 2.34. The fourth-order valence-electron chi connectivity index (χ4n) is 5.05. The lowest BCUT2D eigenvalue weighted by Crippen LogP contribution is -2.22. The Bertz CT molecular complexity index is 376. The van der Waals surface area contributed by atoms with Crippen molar-refractivity contribution in [2.24, 2.45) is 5.41 Å². The Labute approximate surface area is 221 Å². The first kappa shape index (κ1) is 33.4. The quantitative estimate of drug-likeness (QED) is 0.0667. The van der Waals surface area contributed by atoms with Crippen LogP contribution in [0, 0.1) is 5.41 Å². The van der Waals surface area contributed by atoms with Gasteiger partial charge in [0, 0.05) is 5.41 Å². The molecule has 0 nitrogen and oxygen atoms in total. The van der Waals surface area contributed by atoms with E-state index < -0.39 is 0 Å². The lowest BCUT2D eigenvalue weighted by atomic mass is 9.81. The van der Waals surface area contributed by atoms with Crippen molar-refractivity contribution < 1.29 is 0 Å². The molecule has 0 saturated heterocycles. The molecular weight excluding hydrogens is 436 g/mol. The lowest BCUT2D eigenvalue weighted by molar-refractivity contribution is 0.364. The summed E-state index contributed by atoms with van der Waals surface area (Å²) in [6, 6.07) is 0. The SMILES string of the molecule is CCCCCCCCCCCCCCC(C)(CCCCCCCCCCCCCC)C(=S)S. The van der Waals surface area contributed by atoms with E-state index in [0.717, 1.165) is 4.20 Å². The summed E-state index contributed by atoms with van der Waals surface area (Å²) in [6.45, 7) is 6.97. The molecule has 0 radical (unpaired) electrons. The first-order chi connectivity index (χ1) is 16.1. The van der Waals surface area contributed by atoms with Gasteiger partial charge in [-0.2, -0.15) is 0 Å². The third kappa shape index (κ3) is 22.6. The van der Waals surface area contributed by atoms with Crippen molar-refractivity contribution in [3.63, 3.8) is 0 Å².